The summed E-state index contributed by atoms with van der Waals surface area (Å²) in [7, 11) is 3.10. The number of benzene rings is 2. The Hall–Kier alpha value is -4.18. The molecule has 2 aliphatic rings. The number of ether oxygens (including phenoxy) is 2. The molecule has 35 heavy (non-hydrogen) atoms. The Labute approximate surface area is 201 Å². The molecule has 0 saturated carbocycles. The Kier molecular flexibility index (Phi) is 5.73. The van der Waals surface area contributed by atoms with Crippen molar-refractivity contribution in [3.63, 3.8) is 0 Å². The number of nitrogens with zero attached hydrogens (tertiary/aromatic N) is 4. The lowest BCUT2D eigenvalue weighted by atomic mass is 10.0. The van der Waals surface area contributed by atoms with Crippen LogP contribution >= 0.6 is 0 Å². The third-order valence-corrected chi connectivity index (χ3v) is 6.48. The average Bonchev–Trinajstić information content (AvgIpc) is 3.46. The first-order chi connectivity index (χ1) is 16.9. The topological polar surface area (TPSA) is 120 Å². The van der Waals surface area contributed by atoms with Crippen molar-refractivity contribution in [3.8, 4) is 11.4 Å². The van der Waals surface area contributed by atoms with Crippen molar-refractivity contribution in [1.29, 1.82) is 0 Å². The van der Waals surface area contributed by atoms with Gasteiger partial charge in [-0.2, -0.15) is 5.10 Å². The predicted octanol–water partition coefficient (Wildman–Crippen LogP) is 1.93. The molecule has 3 aromatic rings. The lowest BCUT2D eigenvalue weighted by Crippen LogP contribution is -2.39. The maximum Gasteiger partial charge on any atom is 0.277 e. The summed E-state index contributed by atoms with van der Waals surface area (Å²) in [5.74, 6) is -0.372. The molecule has 180 valence electrons. The van der Waals surface area contributed by atoms with Gasteiger partial charge < -0.3 is 25.0 Å². The zero-order chi connectivity index (χ0) is 24.7. The van der Waals surface area contributed by atoms with Gasteiger partial charge in [0.2, 0.25) is 0 Å². The fourth-order valence-corrected chi connectivity index (χ4v) is 4.66. The van der Waals surface area contributed by atoms with Gasteiger partial charge in [-0.15, -0.1) is 0 Å². The van der Waals surface area contributed by atoms with Gasteiger partial charge in [-0.1, -0.05) is 0 Å². The quantitative estimate of drug-likeness (QED) is 0.582. The van der Waals surface area contributed by atoms with Gasteiger partial charge in [0.15, 0.2) is 5.69 Å². The van der Waals surface area contributed by atoms with Crippen molar-refractivity contribution in [3.05, 3.63) is 65.5 Å². The van der Waals surface area contributed by atoms with E-state index in [0.717, 1.165) is 5.69 Å². The monoisotopic (exact) mass is 475 g/mol. The van der Waals surface area contributed by atoms with Gasteiger partial charge in [0.25, 0.3) is 17.7 Å². The molecule has 0 bridgehead atoms. The van der Waals surface area contributed by atoms with Crippen LogP contribution in [0.2, 0.25) is 0 Å². The van der Waals surface area contributed by atoms with E-state index in [1.807, 2.05) is 24.3 Å². The van der Waals surface area contributed by atoms with Gasteiger partial charge in [0.1, 0.15) is 17.5 Å². The highest BCUT2D eigenvalue weighted by Crippen LogP contribution is 2.31. The van der Waals surface area contributed by atoms with Crippen LogP contribution < -0.4 is 20.3 Å². The summed E-state index contributed by atoms with van der Waals surface area (Å²) < 4.78 is 11.9. The van der Waals surface area contributed by atoms with E-state index in [1.54, 1.807) is 41.2 Å². The van der Waals surface area contributed by atoms with Crippen molar-refractivity contribution in [2.75, 3.05) is 37.1 Å². The zero-order valence-corrected chi connectivity index (χ0v) is 19.4. The van der Waals surface area contributed by atoms with Crippen LogP contribution in [-0.2, 0) is 16.0 Å². The fraction of sp³-hybridized carbons (Fsp3) is 0.280. The molecule has 1 fully saturated rings. The highest BCUT2D eigenvalue weighted by molar-refractivity contribution is 6.09. The Balaban J connectivity index is 1.47. The highest BCUT2D eigenvalue weighted by Gasteiger charge is 2.35. The number of nitrogens with two attached hydrogens (primary N) is 1. The third kappa shape index (κ3) is 3.81. The number of fused-ring (bicyclic) bond motifs is 1. The minimum Gasteiger partial charge on any atom is -0.497 e. The number of methoxy groups -OCH3 is 2. The van der Waals surface area contributed by atoms with Crippen LogP contribution in [0.3, 0.4) is 0 Å². The average molecular weight is 476 g/mol. The van der Waals surface area contributed by atoms with Crippen LogP contribution in [0.25, 0.3) is 5.69 Å². The molecule has 10 nitrogen and oxygen atoms in total. The van der Waals surface area contributed by atoms with Crippen LogP contribution in [0, 0.1) is 0 Å². The standard InChI is InChI=1S/C25H25N5O5/c1-34-18-9-7-17(8-10-18)30-22-19(21(27-30)23(26)31)11-13-29(25(22)33)16-5-3-15(4-6-16)28-14-12-20(35-2)24(28)32/h3-10,20H,11-14H2,1-2H3,(H2,26,31)/t20-/m1/s1. The SMILES string of the molecule is COc1ccc(-n2nc(C(N)=O)c3c2C(=O)N(c2ccc(N4CC[C@@H](OC)C4=O)cc2)CC3)cc1. The van der Waals surface area contributed by atoms with E-state index in [4.69, 9.17) is 15.2 Å². The summed E-state index contributed by atoms with van der Waals surface area (Å²) in [4.78, 5) is 41.5. The number of primary amides is 1. The zero-order valence-electron chi connectivity index (χ0n) is 19.4. The van der Waals surface area contributed by atoms with Crippen molar-refractivity contribution >= 4 is 29.1 Å². The van der Waals surface area contributed by atoms with Gasteiger partial charge in [-0.25, -0.2) is 4.68 Å². The third-order valence-electron chi connectivity index (χ3n) is 6.48. The summed E-state index contributed by atoms with van der Waals surface area (Å²) in [6.07, 6.45) is 0.647. The fourth-order valence-electron chi connectivity index (χ4n) is 4.66. The lowest BCUT2D eigenvalue weighted by molar-refractivity contribution is -0.125. The Morgan fingerprint density at radius 2 is 1.57 bits per heavy atom. The predicted molar refractivity (Wildman–Crippen MR) is 128 cm³/mol. The first-order valence-electron chi connectivity index (χ1n) is 11.2. The second-order valence-corrected chi connectivity index (χ2v) is 8.38. The van der Waals surface area contributed by atoms with E-state index in [0.29, 0.717) is 54.3 Å². The minimum atomic E-state index is -0.677. The molecule has 1 atom stereocenters. The number of amides is 3. The van der Waals surface area contributed by atoms with Crippen LogP contribution in [0.1, 0.15) is 33.0 Å². The maximum absolute atomic E-state index is 13.7. The van der Waals surface area contributed by atoms with E-state index in [1.165, 1.54) is 11.8 Å². The van der Waals surface area contributed by atoms with Gasteiger partial charge in [0.05, 0.1) is 12.8 Å². The molecule has 3 amide bonds. The van der Waals surface area contributed by atoms with Crippen molar-refractivity contribution < 1.29 is 23.9 Å². The molecule has 2 N–H and O–H groups in total. The Morgan fingerprint density at radius 1 is 0.943 bits per heavy atom. The summed E-state index contributed by atoms with van der Waals surface area (Å²) >= 11 is 0. The van der Waals surface area contributed by atoms with Crippen LogP contribution in [0.5, 0.6) is 5.75 Å². The molecule has 2 aromatic carbocycles. The molecule has 0 unspecified atom stereocenters. The number of rotatable bonds is 6. The van der Waals surface area contributed by atoms with Crippen molar-refractivity contribution in [2.24, 2.45) is 5.73 Å². The van der Waals surface area contributed by atoms with Crippen molar-refractivity contribution in [1.82, 2.24) is 9.78 Å². The number of hydrogen-bond donors (Lipinski definition) is 1. The van der Waals surface area contributed by atoms with Crippen molar-refractivity contribution in [2.45, 2.75) is 18.9 Å². The molecule has 10 heteroatoms. The van der Waals surface area contributed by atoms with Gasteiger partial charge in [-0.3, -0.25) is 14.4 Å². The smallest absolute Gasteiger partial charge is 0.277 e. The first kappa shape index (κ1) is 22.6. The summed E-state index contributed by atoms with van der Waals surface area (Å²) in [5, 5.41) is 4.38. The molecule has 2 aliphatic heterocycles. The molecular formula is C25H25N5O5. The van der Waals surface area contributed by atoms with Gasteiger partial charge in [0, 0.05) is 43.6 Å². The second kappa shape index (κ2) is 8.88. The molecule has 5 rings (SSSR count). The van der Waals surface area contributed by atoms with Crippen LogP contribution in [0.15, 0.2) is 48.5 Å². The van der Waals surface area contributed by atoms with Gasteiger partial charge in [-0.05, 0) is 55.0 Å². The number of carbonyl (C=O) groups is 3. The molecule has 0 aliphatic carbocycles. The number of hydrogen-bond acceptors (Lipinski definition) is 6. The summed E-state index contributed by atoms with van der Waals surface area (Å²) in [6, 6.07) is 14.3. The van der Waals surface area contributed by atoms with E-state index in [9.17, 15) is 14.4 Å². The number of aromatic nitrogens is 2. The molecule has 1 saturated heterocycles. The molecule has 1 aromatic heterocycles. The number of anilines is 2. The molecule has 0 radical (unpaired) electrons. The van der Waals surface area contributed by atoms with Crippen LogP contribution in [0.4, 0.5) is 11.4 Å². The summed E-state index contributed by atoms with van der Waals surface area (Å²) in [6.45, 7) is 0.952. The normalized spacial score (nSPS) is 17.6. The first-order valence-corrected chi connectivity index (χ1v) is 11.2. The van der Waals surface area contributed by atoms with E-state index in [2.05, 4.69) is 5.10 Å². The Morgan fingerprint density at radius 3 is 2.14 bits per heavy atom. The lowest BCUT2D eigenvalue weighted by Gasteiger charge is -2.28. The van der Waals surface area contributed by atoms with E-state index >= 15 is 0 Å². The minimum absolute atomic E-state index is 0.0682. The molecule has 3 heterocycles. The van der Waals surface area contributed by atoms with E-state index in [-0.39, 0.29) is 17.5 Å². The summed E-state index contributed by atoms with van der Waals surface area (Å²) in [5.41, 5.74) is 8.56. The highest BCUT2D eigenvalue weighted by atomic mass is 16.5. The molecular weight excluding hydrogens is 450 g/mol. The molecule has 0 spiro atoms. The van der Waals surface area contributed by atoms with Gasteiger partial charge >= 0.3 is 0 Å². The van der Waals surface area contributed by atoms with E-state index < -0.39 is 12.0 Å². The van der Waals surface area contributed by atoms with Crippen LogP contribution in [-0.4, -0.2) is 60.9 Å². The maximum atomic E-state index is 13.7. The number of carbonyl (C=O) groups excluding carboxylic acids is 3. The Bertz CT molecular complexity index is 1300. The second-order valence-electron chi connectivity index (χ2n) is 8.38. The largest absolute Gasteiger partial charge is 0.497 e.